The van der Waals surface area contributed by atoms with Gasteiger partial charge < -0.3 is 9.13 Å². The summed E-state index contributed by atoms with van der Waals surface area (Å²) in [6, 6.07) is 53.4. The molecule has 3 heteroatoms. The van der Waals surface area contributed by atoms with Crippen LogP contribution in [0.4, 0.5) is 0 Å². The van der Waals surface area contributed by atoms with Crippen LogP contribution < -0.4 is 0 Å². The molecule has 3 aromatic heterocycles. The molecule has 0 radical (unpaired) electrons. The van der Waals surface area contributed by atoms with Crippen molar-refractivity contribution in [3.05, 3.63) is 146 Å². The van der Waals surface area contributed by atoms with E-state index < -0.39 is 0 Å². The molecule has 7 aromatic carbocycles. The zero-order valence-corrected chi connectivity index (χ0v) is 24.0. The van der Waals surface area contributed by atoms with Crippen LogP contribution in [0.15, 0.2) is 146 Å². The van der Waals surface area contributed by atoms with Crippen molar-refractivity contribution in [1.29, 1.82) is 0 Å². The van der Waals surface area contributed by atoms with Crippen LogP contribution in [0.5, 0.6) is 0 Å². The fourth-order valence-corrected chi connectivity index (χ4v) is 8.37. The second-order valence-electron chi connectivity index (χ2n) is 11.3. The zero-order chi connectivity index (χ0) is 28.1. The lowest BCUT2D eigenvalue weighted by Crippen LogP contribution is -1.98. The average Bonchev–Trinajstić information content (AvgIpc) is 3.72. The van der Waals surface area contributed by atoms with Crippen molar-refractivity contribution >= 4 is 85.9 Å². The Morgan fingerprint density at radius 1 is 0.372 bits per heavy atom. The van der Waals surface area contributed by atoms with E-state index in [-0.39, 0.29) is 0 Å². The summed E-state index contributed by atoms with van der Waals surface area (Å²) in [7, 11) is 0. The molecule has 0 N–H and O–H groups in total. The lowest BCUT2D eigenvalue weighted by atomic mass is 10.0. The van der Waals surface area contributed by atoms with Gasteiger partial charge in [-0.15, -0.1) is 11.3 Å². The maximum absolute atomic E-state index is 2.50. The van der Waals surface area contributed by atoms with Crippen LogP contribution in [0.25, 0.3) is 85.9 Å². The van der Waals surface area contributed by atoms with Crippen LogP contribution in [0, 0.1) is 0 Å². The number of benzene rings is 7. The summed E-state index contributed by atoms with van der Waals surface area (Å²) in [5.41, 5.74) is 7.27. The molecule has 0 spiro atoms. The van der Waals surface area contributed by atoms with Crippen molar-refractivity contribution in [2.75, 3.05) is 0 Å². The van der Waals surface area contributed by atoms with Gasteiger partial charge in [0.05, 0.1) is 22.1 Å². The molecule has 3 heterocycles. The number of thiophene rings is 1. The zero-order valence-electron chi connectivity index (χ0n) is 23.2. The predicted octanol–water partition coefficient (Wildman–Crippen LogP) is 11.4. The Kier molecular flexibility index (Phi) is 4.63. The van der Waals surface area contributed by atoms with Crippen molar-refractivity contribution in [3.63, 3.8) is 0 Å². The van der Waals surface area contributed by atoms with Crippen LogP contribution in [-0.2, 0) is 0 Å². The number of fused-ring (bicyclic) bond motifs is 12. The van der Waals surface area contributed by atoms with E-state index in [1.165, 1.54) is 85.9 Å². The lowest BCUT2D eigenvalue weighted by molar-refractivity contribution is 1.15. The molecule has 10 rings (SSSR count). The minimum absolute atomic E-state index is 1.17. The molecular formula is C40H24N2S. The number of hydrogen-bond acceptors (Lipinski definition) is 1. The second kappa shape index (κ2) is 8.57. The van der Waals surface area contributed by atoms with Crippen molar-refractivity contribution in [3.8, 4) is 11.4 Å². The number of aromatic nitrogens is 2. The molecule has 0 atom stereocenters. The van der Waals surface area contributed by atoms with Gasteiger partial charge in [0.15, 0.2) is 0 Å². The third-order valence-corrected chi connectivity index (χ3v) is 10.2. The van der Waals surface area contributed by atoms with Gasteiger partial charge in [0, 0.05) is 53.1 Å². The van der Waals surface area contributed by atoms with E-state index in [1.807, 2.05) is 11.3 Å². The maximum atomic E-state index is 2.50. The molecule has 0 aliphatic heterocycles. The highest BCUT2D eigenvalue weighted by molar-refractivity contribution is 7.25. The Labute approximate surface area is 251 Å². The Morgan fingerprint density at radius 2 is 1.05 bits per heavy atom. The molecule has 0 aliphatic rings. The van der Waals surface area contributed by atoms with Gasteiger partial charge in [-0.05, 0) is 59.3 Å². The fourth-order valence-electron chi connectivity index (χ4n) is 7.28. The molecule has 2 nitrogen and oxygen atoms in total. The molecule has 0 fully saturated rings. The molecule has 0 unspecified atom stereocenters. The van der Waals surface area contributed by atoms with Crippen molar-refractivity contribution in [2.24, 2.45) is 0 Å². The van der Waals surface area contributed by atoms with Crippen LogP contribution in [0.3, 0.4) is 0 Å². The first-order valence-electron chi connectivity index (χ1n) is 14.7. The quantitative estimate of drug-likeness (QED) is 0.198. The van der Waals surface area contributed by atoms with E-state index >= 15 is 0 Å². The van der Waals surface area contributed by atoms with Gasteiger partial charge in [0.25, 0.3) is 0 Å². The molecule has 0 aliphatic carbocycles. The van der Waals surface area contributed by atoms with E-state index in [0.29, 0.717) is 0 Å². The summed E-state index contributed by atoms with van der Waals surface area (Å²) in [6.07, 6.45) is 0. The molecule has 0 saturated heterocycles. The van der Waals surface area contributed by atoms with Crippen LogP contribution in [0.1, 0.15) is 0 Å². The summed E-state index contributed by atoms with van der Waals surface area (Å²) in [6.45, 7) is 0. The third-order valence-electron chi connectivity index (χ3n) is 9.08. The normalized spacial score (nSPS) is 12.2. The first-order valence-corrected chi connectivity index (χ1v) is 15.5. The molecular weight excluding hydrogens is 541 g/mol. The standard InChI is InChI=1S/C40H24N2S/c1-2-11-26(12-3-1)41-35-22-18-25-10-4-5-13-28(25)38(35)32-21-20-31-29-14-6-8-16-34(29)42(39(31)40(32)41)27-19-23-37-33(24-27)30-15-7-9-17-36(30)43-37/h1-24H. The summed E-state index contributed by atoms with van der Waals surface area (Å²) < 4.78 is 7.63. The Morgan fingerprint density at radius 3 is 1.95 bits per heavy atom. The molecule has 43 heavy (non-hydrogen) atoms. The van der Waals surface area contributed by atoms with E-state index in [0.717, 1.165) is 0 Å². The van der Waals surface area contributed by atoms with Crippen LogP contribution in [-0.4, -0.2) is 9.13 Å². The van der Waals surface area contributed by atoms with Crippen molar-refractivity contribution in [2.45, 2.75) is 0 Å². The van der Waals surface area contributed by atoms with Gasteiger partial charge in [-0.3, -0.25) is 0 Å². The summed E-state index contributed by atoms with van der Waals surface area (Å²) in [5, 5.41) is 10.3. The Balaban J connectivity index is 1.45. The second-order valence-corrected chi connectivity index (χ2v) is 12.4. The molecule has 0 amide bonds. The van der Waals surface area contributed by atoms with Crippen LogP contribution >= 0.6 is 11.3 Å². The molecule has 0 bridgehead atoms. The van der Waals surface area contributed by atoms with E-state index in [2.05, 4.69) is 155 Å². The summed E-state index contributed by atoms with van der Waals surface area (Å²) >= 11 is 1.87. The van der Waals surface area contributed by atoms with Gasteiger partial charge >= 0.3 is 0 Å². The van der Waals surface area contributed by atoms with Crippen molar-refractivity contribution in [1.82, 2.24) is 9.13 Å². The van der Waals surface area contributed by atoms with Gasteiger partial charge in [-0.25, -0.2) is 0 Å². The highest BCUT2D eigenvalue weighted by Crippen LogP contribution is 2.44. The first-order chi connectivity index (χ1) is 21.3. The minimum Gasteiger partial charge on any atom is -0.307 e. The fraction of sp³-hybridized carbons (Fsp3) is 0. The Bertz CT molecular complexity index is 2720. The van der Waals surface area contributed by atoms with E-state index in [9.17, 15) is 0 Å². The number of nitrogens with zero attached hydrogens (tertiary/aromatic N) is 2. The van der Waals surface area contributed by atoms with Gasteiger partial charge in [-0.1, -0.05) is 97.1 Å². The predicted molar refractivity (Wildman–Crippen MR) is 186 cm³/mol. The topological polar surface area (TPSA) is 9.86 Å². The van der Waals surface area contributed by atoms with Crippen molar-refractivity contribution < 1.29 is 0 Å². The number of hydrogen-bond donors (Lipinski definition) is 0. The van der Waals surface area contributed by atoms with E-state index in [1.54, 1.807) is 0 Å². The molecule has 10 aromatic rings. The highest BCUT2D eigenvalue weighted by atomic mass is 32.1. The molecule has 0 saturated carbocycles. The summed E-state index contributed by atoms with van der Waals surface area (Å²) in [4.78, 5) is 0. The SMILES string of the molecule is c1ccc(-n2c3ccc4ccccc4c3c3ccc4c5ccccc5n(-c5ccc6sc7ccccc7c6c5)c4c32)cc1. The lowest BCUT2D eigenvalue weighted by Gasteiger charge is -2.13. The smallest absolute Gasteiger partial charge is 0.0789 e. The first kappa shape index (κ1) is 23.2. The highest BCUT2D eigenvalue weighted by Gasteiger charge is 2.22. The number of para-hydroxylation sites is 2. The third kappa shape index (κ3) is 3.12. The van der Waals surface area contributed by atoms with Gasteiger partial charge in [-0.2, -0.15) is 0 Å². The average molecular weight is 565 g/mol. The summed E-state index contributed by atoms with van der Waals surface area (Å²) in [5.74, 6) is 0. The maximum Gasteiger partial charge on any atom is 0.0789 e. The van der Waals surface area contributed by atoms with Crippen LogP contribution in [0.2, 0.25) is 0 Å². The molecule has 200 valence electrons. The van der Waals surface area contributed by atoms with Gasteiger partial charge in [0.2, 0.25) is 0 Å². The largest absolute Gasteiger partial charge is 0.307 e. The van der Waals surface area contributed by atoms with Gasteiger partial charge in [0.1, 0.15) is 0 Å². The monoisotopic (exact) mass is 564 g/mol. The Hall–Kier alpha value is -5.38. The van der Waals surface area contributed by atoms with E-state index in [4.69, 9.17) is 0 Å². The minimum atomic E-state index is 1.17. The number of rotatable bonds is 2.